The molecule has 132 valence electrons. The Labute approximate surface area is 146 Å². The van der Waals surface area contributed by atoms with Crippen molar-refractivity contribution in [2.45, 2.75) is 49.7 Å². The van der Waals surface area contributed by atoms with Crippen LogP contribution < -0.4 is 5.32 Å². The lowest BCUT2D eigenvalue weighted by molar-refractivity contribution is 0.209. The van der Waals surface area contributed by atoms with Gasteiger partial charge < -0.3 is 15.1 Å². The zero-order chi connectivity index (χ0) is 16.1. The van der Waals surface area contributed by atoms with E-state index in [9.17, 15) is 0 Å². The summed E-state index contributed by atoms with van der Waals surface area (Å²) in [7, 11) is 4.19. The van der Waals surface area contributed by atoms with Crippen LogP contribution in [-0.2, 0) is 0 Å². The van der Waals surface area contributed by atoms with Crippen molar-refractivity contribution < 1.29 is 0 Å². The molecule has 0 aromatic heterocycles. The summed E-state index contributed by atoms with van der Waals surface area (Å²) < 4.78 is 0.513. The number of thioether (sulfide) groups is 1. The first-order valence-corrected chi connectivity index (χ1v) is 10.5. The van der Waals surface area contributed by atoms with E-state index in [-0.39, 0.29) is 0 Å². The van der Waals surface area contributed by atoms with E-state index in [2.05, 4.69) is 38.9 Å². The van der Waals surface area contributed by atoms with E-state index < -0.39 is 0 Å². The Balaban J connectivity index is 1.53. The minimum absolute atomic E-state index is 0.513. The molecule has 1 unspecified atom stereocenters. The highest BCUT2D eigenvalue weighted by Gasteiger charge is 2.38. The number of likely N-dealkylation sites (tertiary alicyclic amines) is 1. The number of hydrogen-bond acceptors (Lipinski definition) is 3. The van der Waals surface area contributed by atoms with E-state index in [1.54, 1.807) is 0 Å². The van der Waals surface area contributed by atoms with Gasteiger partial charge in [-0.2, -0.15) is 11.8 Å². The monoisotopic (exact) mass is 338 g/mol. The maximum absolute atomic E-state index is 4.60. The van der Waals surface area contributed by atoms with Crippen LogP contribution >= 0.6 is 11.8 Å². The summed E-state index contributed by atoms with van der Waals surface area (Å²) in [4.78, 5) is 9.60. The summed E-state index contributed by atoms with van der Waals surface area (Å²) in [5, 5.41) is 3.69. The number of nitrogens with one attached hydrogen (secondary N) is 1. The summed E-state index contributed by atoms with van der Waals surface area (Å²) in [5.74, 6) is 3.17. The molecule has 2 saturated heterocycles. The number of rotatable bonds is 2. The van der Waals surface area contributed by atoms with Crippen molar-refractivity contribution in [3.05, 3.63) is 0 Å². The molecule has 0 amide bonds. The maximum atomic E-state index is 4.60. The molecule has 4 nitrogen and oxygen atoms in total. The standard InChI is InChI=1S/C18H34N4S/c1-19-17(20-13-16-7-6-10-21(2)14-16)22-11-12-23-18(15-22)8-4-3-5-9-18/h16H,3-15H2,1-2H3,(H,19,20). The molecule has 0 bridgehead atoms. The van der Waals surface area contributed by atoms with Crippen LogP contribution in [0.5, 0.6) is 0 Å². The van der Waals surface area contributed by atoms with Crippen molar-refractivity contribution in [1.29, 1.82) is 0 Å². The molecule has 5 heteroatoms. The van der Waals surface area contributed by atoms with E-state index in [1.807, 2.05) is 7.05 Å². The van der Waals surface area contributed by atoms with Crippen LogP contribution in [0.25, 0.3) is 0 Å². The molecule has 2 heterocycles. The van der Waals surface area contributed by atoms with Crippen LogP contribution in [-0.4, -0.2) is 73.1 Å². The van der Waals surface area contributed by atoms with Gasteiger partial charge in [0.05, 0.1) is 0 Å². The second-order valence-corrected chi connectivity index (χ2v) is 9.28. The third-order valence-corrected chi connectivity index (χ3v) is 7.33. The lowest BCUT2D eigenvalue weighted by atomic mass is 9.87. The Morgan fingerprint density at radius 2 is 2.04 bits per heavy atom. The van der Waals surface area contributed by atoms with E-state index in [1.165, 1.54) is 70.3 Å². The highest BCUT2D eigenvalue weighted by Crippen LogP contribution is 2.42. The summed E-state index contributed by atoms with van der Waals surface area (Å²) >= 11 is 2.23. The Hall–Kier alpha value is -0.420. The molecule has 3 fully saturated rings. The van der Waals surface area contributed by atoms with Gasteiger partial charge in [-0.05, 0) is 45.2 Å². The molecule has 1 spiro atoms. The molecule has 0 aromatic rings. The normalized spacial score (nSPS) is 29.7. The van der Waals surface area contributed by atoms with Gasteiger partial charge in [0.25, 0.3) is 0 Å². The van der Waals surface area contributed by atoms with E-state index in [4.69, 9.17) is 0 Å². The molecular weight excluding hydrogens is 304 g/mol. The molecule has 1 atom stereocenters. The SMILES string of the molecule is CN=C(NCC1CCCN(C)C1)N1CCSC2(CCCCC2)C1. The lowest BCUT2D eigenvalue weighted by Gasteiger charge is -2.45. The number of nitrogens with zero attached hydrogens (tertiary/aromatic N) is 3. The number of guanidine groups is 1. The van der Waals surface area contributed by atoms with Crippen LogP contribution in [0.2, 0.25) is 0 Å². The fourth-order valence-corrected chi connectivity index (χ4v) is 6.10. The predicted octanol–water partition coefficient (Wildman–Crippen LogP) is 2.66. The fourth-order valence-electron chi connectivity index (χ4n) is 4.53. The first kappa shape index (κ1) is 17.4. The van der Waals surface area contributed by atoms with Gasteiger partial charge >= 0.3 is 0 Å². The molecule has 0 radical (unpaired) electrons. The van der Waals surface area contributed by atoms with Crippen LogP contribution in [0.1, 0.15) is 44.9 Å². The van der Waals surface area contributed by atoms with Crippen LogP contribution in [0, 0.1) is 5.92 Å². The van der Waals surface area contributed by atoms with Crippen molar-refractivity contribution in [2.75, 3.05) is 52.6 Å². The van der Waals surface area contributed by atoms with Gasteiger partial charge in [-0.1, -0.05) is 19.3 Å². The second-order valence-electron chi connectivity index (χ2n) is 7.71. The Kier molecular flexibility index (Phi) is 6.13. The quantitative estimate of drug-likeness (QED) is 0.619. The van der Waals surface area contributed by atoms with Crippen molar-refractivity contribution >= 4 is 17.7 Å². The number of hydrogen-bond donors (Lipinski definition) is 1. The fraction of sp³-hybridized carbons (Fsp3) is 0.944. The van der Waals surface area contributed by atoms with Gasteiger partial charge in [-0.15, -0.1) is 0 Å². The van der Waals surface area contributed by atoms with Crippen LogP contribution in [0.3, 0.4) is 0 Å². The molecule has 2 aliphatic heterocycles. The first-order valence-electron chi connectivity index (χ1n) is 9.49. The first-order chi connectivity index (χ1) is 11.2. The Morgan fingerprint density at radius 1 is 1.22 bits per heavy atom. The molecular formula is C18H34N4S. The van der Waals surface area contributed by atoms with E-state index in [0.717, 1.165) is 25.0 Å². The minimum atomic E-state index is 0.513. The van der Waals surface area contributed by atoms with E-state index in [0.29, 0.717) is 4.75 Å². The predicted molar refractivity (Wildman–Crippen MR) is 101 cm³/mol. The highest BCUT2D eigenvalue weighted by atomic mass is 32.2. The van der Waals surface area contributed by atoms with Gasteiger partial charge in [0.2, 0.25) is 0 Å². The van der Waals surface area contributed by atoms with Gasteiger partial charge in [-0.3, -0.25) is 4.99 Å². The molecule has 3 rings (SSSR count). The van der Waals surface area contributed by atoms with Crippen molar-refractivity contribution in [3.8, 4) is 0 Å². The smallest absolute Gasteiger partial charge is 0.193 e. The third kappa shape index (κ3) is 4.56. The topological polar surface area (TPSA) is 30.9 Å². The van der Waals surface area contributed by atoms with Crippen LogP contribution in [0.4, 0.5) is 0 Å². The molecule has 1 aliphatic carbocycles. The molecule has 1 N–H and O–H groups in total. The zero-order valence-electron chi connectivity index (χ0n) is 15.0. The Bertz CT molecular complexity index is 400. The minimum Gasteiger partial charge on any atom is -0.356 e. The van der Waals surface area contributed by atoms with Gasteiger partial charge in [0, 0.05) is 43.7 Å². The molecule has 23 heavy (non-hydrogen) atoms. The number of aliphatic imine (C=N–C) groups is 1. The third-order valence-electron chi connectivity index (χ3n) is 5.80. The zero-order valence-corrected chi connectivity index (χ0v) is 15.8. The van der Waals surface area contributed by atoms with Crippen molar-refractivity contribution in [1.82, 2.24) is 15.1 Å². The van der Waals surface area contributed by atoms with Crippen LogP contribution in [0.15, 0.2) is 4.99 Å². The number of piperidine rings is 1. The van der Waals surface area contributed by atoms with Gasteiger partial charge in [0.1, 0.15) is 0 Å². The van der Waals surface area contributed by atoms with Crippen molar-refractivity contribution in [3.63, 3.8) is 0 Å². The lowest BCUT2D eigenvalue weighted by Crippen LogP contribution is -2.54. The summed E-state index contributed by atoms with van der Waals surface area (Å²) in [6.07, 6.45) is 9.77. The average Bonchev–Trinajstić information content (AvgIpc) is 2.56. The van der Waals surface area contributed by atoms with Gasteiger partial charge in [0.15, 0.2) is 5.96 Å². The second kappa shape index (κ2) is 8.11. The molecule has 1 saturated carbocycles. The molecule has 3 aliphatic rings. The highest BCUT2D eigenvalue weighted by molar-refractivity contribution is 8.00. The van der Waals surface area contributed by atoms with Crippen molar-refractivity contribution in [2.24, 2.45) is 10.9 Å². The largest absolute Gasteiger partial charge is 0.356 e. The summed E-state index contributed by atoms with van der Waals surface area (Å²) in [6, 6.07) is 0. The average molecular weight is 339 g/mol. The van der Waals surface area contributed by atoms with E-state index >= 15 is 0 Å². The Morgan fingerprint density at radius 3 is 2.78 bits per heavy atom. The van der Waals surface area contributed by atoms with Gasteiger partial charge in [-0.25, -0.2) is 0 Å². The summed E-state index contributed by atoms with van der Waals surface area (Å²) in [5.41, 5.74) is 0. The summed E-state index contributed by atoms with van der Waals surface area (Å²) in [6.45, 7) is 5.91. The maximum Gasteiger partial charge on any atom is 0.193 e. The molecule has 0 aromatic carbocycles.